The van der Waals surface area contributed by atoms with E-state index in [-0.39, 0.29) is 12.1 Å². The molecule has 3 rings (SSSR count). The van der Waals surface area contributed by atoms with E-state index in [0.717, 1.165) is 23.3 Å². The summed E-state index contributed by atoms with van der Waals surface area (Å²) >= 11 is 0. The van der Waals surface area contributed by atoms with E-state index in [1.54, 1.807) is 12.4 Å². The van der Waals surface area contributed by atoms with Crippen LogP contribution in [0.4, 0.5) is 10.5 Å². The number of aromatic nitrogens is 1. The molecular weight excluding hydrogens is 306 g/mol. The van der Waals surface area contributed by atoms with Gasteiger partial charge in [0.25, 0.3) is 0 Å². The van der Waals surface area contributed by atoms with Crippen LogP contribution in [-0.2, 0) is 13.0 Å². The highest BCUT2D eigenvalue weighted by Crippen LogP contribution is 2.37. The molecule has 126 valence electrons. The number of carbonyl (C=O) groups is 1. The molecule has 6 nitrogen and oxygen atoms in total. The molecule has 0 radical (unpaired) electrons. The molecular formula is C18H21N3O3. The molecule has 1 aliphatic heterocycles. The molecule has 0 unspecified atom stereocenters. The Morgan fingerprint density at radius 2 is 2.33 bits per heavy atom. The molecule has 0 spiro atoms. The zero-order chi connectivity index (χ0) is 16.9. The van der Waals surface area contributed by atoms with Crippen molar-refractivity contribution in [2.45, 2.75) is 32.9 Å². The average molecular weight is 327 g/mol. The molecule has 0 saturated heterocycles. The summed E-state index contributed by atoms with van der Waals surface area (Å²) in [6.45, 7) is 4.87. The Morgan fingerprint density at radius 1 is 1.46 bits per heavy atom. The summed E-state index contributed by atoms with van der Waals surface area (Å²) in [4.78, 5) is 16.2. The van der Waals surface area contributed by atoms with E-state index in [1.807, 2.05) is 38.1 Å². The Bertz CT molecular complexity index is 719. The van der Waals surface area contributed by atoms with Gasteiger partial charge in [0.1, 0.15) is 17.6 Å². The van der Waals surface area contributed by atoms with Crippen LogP contribution >= 0.6 is 0 Å². The van der Waals surface area contributed by atoms with Gasteiger partial charge < -0.3 is 20.1 Å². The van der Waals surface area contributed by atoms with Gasteiger partial charge in [-0.05, 0) is 31.5 Å². The maximum absolute atomic E-state index is 12.2. The molecule has 6 heteroatoms. The molecule has 0 aliphatic carbocycles. The van der Waals surface area contributed by atoms with E-state index >= 15 is 0 Å². The number of hydrogen-bond acceptors (Lipinski definition) is 4. The lowest BCUT2D eigenvalue weighted by Crippen LogP contribution is -2.28. The van der Waals surface area contributed by atoms with Gasteiger partial charge in [-0.3, -0.25) is 4.98 Å². The third-order valence-electron chi connectivity index (χ3n) is 3.72. The third-order valence-corrected chi connectivity index (χ3v) is 3.72. The summed E-state index contributed by atoms with van der Waals surface area (Å²) in [7, 11) is 0. The summed E-state index contributed by atoms with van der Waals surface area (Å²) < 4.78 is 11.4. The monoisotopic (exact) mass is 327 g/mol. The van der Waals surface area contributed by atoms with Crippen molar-refractivity contribution in [3.63, 3.8) is 0 Å². The Hall–Kier alpha value is -2.76. The fourth-order valence-corrected chi connectivity index (χ4v) is 2.66. The van der Waals surface area contributed by atoms with Gasteiger partial charge in [-0.2, -0.15) is 0 Å². The van der Waals surface area contributed by atoms with Crippen LogP contribution in [0.15, 0.2) is 36.7 Å². The van der Waals surface area contributed by atoms with E-state index in [9.17, 15) is 4.79 Å². The van der Waals surface area contributed by atoms with Crippen LogP contribution in [0.3, 0.4) is 0 Å². The van der Waals surface area contributed by atoms with Gasteiger partial charge in [0, 0.05) is 37.0 Å². The molecule has 2 N–H and O–H groups in total. The molecule has 0 saturated carbocycles. The number of pyridine rings is 1. The van der Waals surface area contributed by atoms with Gasteiger partial charge in [0.05, 0.1) is 12.3 Å². The van der Waals surface area contributed by atoms with Gasteiger partial charge in [-0.25, -0.2) is 4.79 Å². The number of carbonyl (C=O) groups excluding carboxylic acids is 1. The first-order chi connectivity index (χ1) is 11.7. The molecule has 1 aromatic carbocycles. The van der Waals surface area contributed by atoms with E-state index in [4.69, 9.17) is 9.47 Å². The Kier molecular flexibility index (Phi) is 4.84. The molecule has 2 heterocycles. The number of ether oxygens (including phenoxy) is 2. The Labute approximate surface area is 141 Å². The summed E-state index contributed by atoms with van der Waals surface area (Å²) in [6.07, 6.45) is 4.41. The summed E-state index contributed by atoms with van der Waals surface area (Å²) in [5, 5.41) is 5.64. The second-order valence-corrected chi connectivity index (χ2v) is 5.69. The van der Waals surface area contributed by atoms with Gasteiger partial charge in [-0.1, -0.05) is 6.07 Å². The SMILES string of the molecule is CCOc1cc2c(cc1NC(=O)NCc1cccnc1)O[C@@H](C)C2. The zero-order valence-electron chi connectivity index (χ0n) is 13.8. The standard InChI is InChI=1S/C18H21N3O3/c1-3-23-17-8-14-7-12(2)24-16(14)9-15(17)21-18(22)20-11-13-5-4-6-19-10-13/h4-6,8-10,12H,3,7,11H2,1-2H3,(H2,20,21,22)/t12-/m0/s1. The van der Waals surface area contributed by atoms with Crippen LogP contribution in [-0.4, -0.2) is 23.7 Å². The molecule has 1 aromatic heterocycles. The lowest BCUT2D eigenvalue weighted by atomic mass is 10.1. The minimum absolute atomic E-state index is 0.143. The summed E-state index contributed by atoms with van der Waals surface area (Å²) in [5.41, 5.74) is 2.64. The minimum atomic E-state index is -0.300. The van der Waals surface area contributed by atoms with Crippen molar-refractivity contribution in [1.82, 2.24) is 10.3 Å². The second kappa shape index (κ2) is 7.21. The molecule has 1 atom stereocenters. The number of nitrogens with zero attached hydrogens (tertiary/aromatic N) is 1. The first-order valence-electron chi connectivity index (χ1n) is 8.06. The number of fused-ring (bicyclic) bond motifs is 1. The van der Waals surface area contributed by atoms with Crippen LogP contribution in [0.5, 0.6) is 11.5 Å². The van der Waals surface area contributed by atoms with Crippen molar-refractivity contribution in [2.24, 2.45) is 0 Å². The number of rotatable bonds is 5. The number of benzene rings is 1. The molecule has 0 bridgehead atoms. The minimum Gasteiger partial charge on any atom is -0.492 e. The van der Waals surface area contributed by atoms with Crippen molar-refractivity contribution in [3.05, 3.63) is 47.8 Å². The summed E-state index contributed by atoms with van der Waals surface area (Å²) in [6, 6.07) is 7.21. The predicted molar refractivity (Wildman–Crippen MR) is 91.5 cm³/mol. The number of urea groups is 1. The van der Waals surface area contributed by atoms with Gasteiger partial charge >= 0.3 is 6.03 Å². The lowest BCUT2D eigenvalue weighted by Gasteiger charge is -2.14. The first kappa shape index (κ1) is 16.1. The van der Waals surface area contributed by atoms with Crippen molar-refractivity contribution < 1.29 is 14.3 Å². The van der Waals surface area contributed by atoms with Crippen LogP contribution in [0.25, 0.3) is 0 Å². The molecule has 2 amide bonds. The average Bonchev–Trinajstić information content (AvgIpc) is 2.93. The van der Waals surface area contributed by atoms with Crippen molar-refractivity contribution in [2.75, 3.05) is 11.9 Å². The van der Waals surface area contributed by atoms with Crippen molar-refractivity contribution >= 4 is 11.7 Å². The van der Waals surface area contributed by atoms with Gasteiger partial charge in [0.2, 0.25) is 0 Å². The maximum atomic E-state index is 12.2. The first-order valence-corrected chi connectivity index (χ1v) is 8.06. The molecule has 0 fully saturated rings. The topological polar surface area (TPSA) is 72.5 Å². The van der Waals surface area contributed by atoms with Crippen molar-refractivity contribution in [3.8, 4) is 11.5 Å². The van der Waals surface area contributed by atoms with E-state index in [2.05, 4.69) is 15.6 Å². The van der Waals surface area contributed by atoms with Crippen LogP contribution < -0.4 is 20.1 Å². The highest BCUT2D eigenvalue weighted by Gasteiger charge is 2.22. The van der Waals surface area contributed by atoms with E-state index in [0.29, 0.717) is 24.6 Å². The normalized spacial score (nSPS) is 15.3. The third kappa shape index (κ3) is 3.76. The Morgan fingerprint density at radius 3 is 3.08 bits per heavy atom. The predicted octanol–water partition coefficient (Wildman–Crippen LogP) is 3.13. The molecule has 24 heavy (non-hydrogen) atoms. The number of nitrogens with one attached hydrogen (secondary N) is 2. The highest BCUT2D eigenvalue weighted by atomic mass is 16.5. The van der Waals surface area contributed by atoms with Crippen molar-refractivity contribution in [1.29, 1.82) is 0 Å². The zero-order valence-corrected chi connectivity index (χ0v) is 13.8. The fourth-order valence-electron chi connectivity index (χ4n) is 2.66. The quantitative estimate of drug-likeness (QED) is 0.885. The van der Waals surface area contributed by atoms with E-state index in [1.165, 1.54) is 0 Å². The van der Waals surface area contributed by atoms with Crippen LogP contribution in [0.1, 0.15) is 25.0 Å². The largest absolute Gasteiger partial charge is 0.492 e. The second-order valence-electron chi connectivity index (χ2n) is 5.69. The lowest BCUT2D eigenvalue weighted by molar-refractivity contribution is 0.251. The fraction of sp³-hybridized carbons (Fsp3) is 0.333. The number of hydrogen-bond donors (Lipinski definition) is 2. The number of amides is 2. The molecule has 2 aromatic rings. The van der Waals surface area contributed by atoms with Gasteiger partial charge in [0.15, 0.2) is 0 Å². The maximum Gasteiger partial charge on any atom is 0.319 e. The number of anilines is 1. The molecule has 1 aliphatic rings. The van der Waals surface area contributed by atoms with Crippen LogP contribution in [0.2, 0.25) is 0 Å². The Balaban J connectivity index is 1.69. The highest BCUT2D eigenvalue weighted by molar-refractivity contribution is 5.91. The van der Waals surface area contributed by atoms with Gasteiger partial charge in [-0.15, -0.1) is 0 Å². The summed E-state index contributed by atoms with van der Waals surface area (Å²) in [5.74, 6) is 1.46. The van der Waals surface area contributed by atoms with Crippen LogP contribution in [0, 0.1) is 0 Å². The smallest absolute Gasteiger partial charge is 0.319 e. The van der Waals surface area contributed by atoms with E-state index < -0.39 is 0 Å².